The van der Waals surface area contributed by atoms with Gasteiger partial charge in [-0.2, -0.15) is 13.2 Å². The number of alkyl halides is 3. The van der Waals surface area contributed by atoms with Gasteiger partial charge in [0, 0.05) is 25.5 Å². The molecule has 0 radical (unpaired) electrons. The summed E-state index contributed by atoms with van der Waals surface area (Å²) < 4.78 is 43.3. The van der Waals surface area contributed by atoms with Crippen LogP contribution >= 0.6 is 0 Å². The summed E-state index contributed by atoms with van der Waals surface area (Å²) in [5, 5.41) is 3.35. The molecule has 0 aromatic carbocycles. The molecule has 0 amide bonds. The van der Waals surface area contributed by atoms with Crippen LogP contribution in [0, 0.1) is 0 Å². The van der Waals surface area contributed by atoms with Crippen LogP contribution in [0.2, 0.25) is 0 Å². The van der Waals surface area contributed by atoms with Crippen molar-refractivity contribution >= 4 is 0 Å². The SMILES string of the molecule is Cn1ccnc1CNC1CCCC(OCC(F)(F)F)C1. The molecule has 1 aromatic rings. The summed E-state index contributed by atoms with van der Waals surface area (Å²) in [5.41, 5.74) is 0. The van der Waals surface area contributed by atoms with Gasteiger partial charge in [0.1, 0.15) is 12.4 Å². The van der Waals surface area contributed by atoms with Crippen LogP contribution in [0.4, 0.5) is 13.2 Å². The molecule has 1 fully saturated rings. The monoisotopic (exact) mass is 291 g/mol. The van der Waals surface area contributed by atoms with Crippen LogP contribution in [0.3, 0.4) is 0 Å². The summed E-state index contributed by atoms with van der Waals surface area (Å²) in [6.45, 7) is -0.524. The van der Waals surface area contributed by atoms with Gasteiger partial charge in [-0.1, -0.05) is 0 Å². The maximum atomic E-state index is 12.1. The number of rotatable bonds is 5. The third kappa shape index (κ3) is 4.79. The van der Waals surface area contributed by atoms with Crippen molar-refractivity contribution in [2.45, 2.75) is 50.6 Å². The van der Waals surface area contributed by atoms with Gasteiger partial charge in [-0.05, 0) is 25.7 Å². The molecular weight excluding hydrogens is 271 g/mol. The van der Waals surface area contributed by atoms with Crippen molar-refractivity contribution in [3.05, 3.63) is 18.2 Å². The van der Waals surface area contributed by atoms with E-state index in [0.29, 0.717) is 19.4 Å². The van der Waals surface area contributed by atoms with Gasteiger partial charge in [0.25, 0.3) is 0 Å². The second-order valence-electron chi connectivity index (χ2n) is 5.25. The van der Waals surface area contributed by atoms with Crippen molar-refractivity contribution in [1.29, 1.82) is 0 Å². The maximum Gasteiger partial charge on any atom is 0.411 e. The van der Waals surface area contributed by atoms with E-state index in [4.69, 9.17) is 4.74 Å². The zero-order valence-corrected chi connectivity index (χ0v) is 11.5. The fourth-order valence-corrected chi connectivity index (χ4v) is 2.50. The first-order chi connectivity index (χ1) is 9.44. The fraction of sp³-hybridized carbons (Fsp3) is 0.769. The van der Waals surface area contributed by atoms with Crippen molar-refractivity contribution in [2.24, 2.45) is 7.05 Å². The predicted octanol–water partition coefficient (Wildman–Crippen LogP) is 2.40. The Morgan fingerprint density at radius 1 is 1.45 bits per heavy atom. The van der Waals surface area contributed by atoms with Gasteiger partial charge in [-0.3, -0.25) is 0 Å². The Hall–Kier alpha value is -1.08. The molecule has 0 aliphatic heterocycles. The topological polar surface area (TPSA) is 39.1 Å². The van der Waals surface area contributed by atoms with E-state index in [2.05, 4.69) is 10.3 Å². The highest BCUT2D eigenvalue weighted by molar-refractivity contribution is 4.91. The Labute approximate surface area is 116 Å². The predicted molar refractivity (Wildman–Crippen MR) is 68.1 cm³/mol. The van der Waals surface area contributed by atoms with Crippen LogP contribution in [0.5, 0.6) is 0 Å². The molecule has 0 spiro atoms. The van der Waals surface area contributed by atoms with E-state index in [0.717, 1.165) is 18.7 Å². The van der Waals surface area contributed by atoms with E-state index < -0.39 is 12.8 Å². The van der Waals surface area contributed by atoms with Crippen molar-refractivity contribution in [2.75, 3.05) is 6.61 Å². The first-order valence-corrected chi connectivity index (χ1v) is 6.82. The van der Waals surface area contributed by atoms with Gasteiger partial charge in [-0.15, -0.1) is 0 Å². The lowest BCUT2D eigenvalue weighted by atomic mass is 9.93. The molecule has 1 heterocycles. The molecule has 20 heavy (non-hydrogen) atoms. The lowest BCUT2D eigenvalue weighted by molar-refractivity contribution is -0.188. The number of halogens is 3. The number of imidazole rings is 1. The number of hydrogen-bond donors (Lipinski definition) is 1. The Kier molecular flexibility index (Phi) is 5.04. The minimum Gasteiger partial charge on any atom is -0.369 e. The van der Waals surface area contributed by atoms with Gasteiger partial charge in [-0.25, -0.2) is 4.98 Å². The zero-order chi connectivity index (χ0) is 14.6. The van der Waals surface area contributed by atoms with Crippen molar-refractivity contribution in [3.8, 4) is 0 Å². The number of aromatic nitrogens is 2. The summed E-state index contributed by atoms with van der Waals surface area (Å²) in [6.07, 6.45) is 2.24. The quantitative estimate of drug-likeness (QED) is 0.905. The van der Waals surface area contributed by atoms with E-state index in [9.17, 15) is 13.2 Å². The minimum absolute atomic E-state index is 0.193. The molecule has 0 bridgehead atoms. The maximum absolute atomic E-state index is 12.1. The summed E-state index contributed by atoms with van der Waals surface area (Å²) in [7, 11) is 1.92. The first-order valence-electron chi connectivity index (χ1n) is 6.82. The average Bonchev–Trinajstić information content (AvgIpc) is 2.79. The van der Waals surface area contributed by atoms with E-state index in [1.165, 1.54) is 0 Å². The number of nitrogens with one attached hydrogen (secondary N) is 1. The zero-order valence-electron chi connectivity index (χ0n) is 11.5. The molecule has 114 valence electrons. The molecule has 1 aliphatic carbocycles. The summed E-state index contributed by atoms with van der Waals surface area (Å²) >= 11 is 0. The molecule has 2 unspecified atom stereocenters. The standard InChI is InChI=1S/C13H20F3N3O/c1-19-6-5-17-12(19)8-18-10-3-2-4-11(7-10)20-9-13(14,15)16/h5-6,10-11,18H,2-4,7-9H2,1H3. The van der Waals surface area contributed by atoms with Crippen LogP contribution in [0.25, 0.3) is 0 Å². The van der Waals surface area contributed by atoms with E-state index >= 15 is 0 Å². The number of aryl methyl sites for hydroxylation is 1. The second-order valence-corrected chi connectivity index (χ2v) is 5.25. The first kappa shape index (κ1) is 15.3. The second kappa shape index (κ2) is 6.58. The fourth-order valence-electron chi connectivity index (χ4n) is 2.50. The van der Waals surface area contributed by atoms with Crippen molar-refractivity contribution in [3.63, 3.8) is 0 Å². The molecule has 1 saturated carbocycles. The smallest absolute Gasteiger partial charge is 0.369 e. The van der Waals surface area contributed by atoms with Crippen LogP contribution in [0.1, 0.15) is 31.5 Å². The molecule has 7 heteroatoms. The molecule has 0 saturated heterocycles. The van der Waals surface area contributed by atoms with Gasteiger partial charge in [0.05, 0.1) is 12.6 Å². The largest absolute Gasteiger partial charge is 0.411 e. The Morgan fingerprint density at radius 2 is 2.25 bits per heavy atom. The molecule has 1 aromatic heterocycles. The van der Waals surface area contributed by atoms with Gasteiger partial charge >= 0.3 is 6.18 Å². The normalized spacial score (nSPS) is 24.0. The minimum atomic E-state index is -4.24. The Balaban J connectivity index is 1.74. The van der Waals surface area contributed by atoms with Crippen LogP contribution in [-0.4, -0.2) is 34.5 Å². The number of hydrogen-bond acceptors (Lipinski definition) is 3. The average molecular weight is 291 g/mol. The molecule has 2 rings (SSSR count). The van der Waals surface area contributed by atoms with Gasteiger partial charge < -0.3 is 14.6 Å². The molecule has 1 aliphatic rings. The highest BCUT2D eigenvalue weighted by atomic mass is 19.4. The van der Waals surface area contributed by atoms with Gasteiger partial charge in [0.2, 0.25) is 0 Å². The lowest BCUT2D eigenvalue weighted by Gasteiger charge is -2.30. The third-order valence-electron chi connectivity index (χ3n) is 3.58. The molecular formula is C13H20F3N3O. The van der Waals surface area contributed by atoms with Crippen LogP contribution in [-0.2, 0) is 18.3 Å². The third-order valence-corrected chi connectivity index (χ3v) is 3.58. The molecule has 4 nitrogen and oxygen atoms in total. The van der Waals surface area contributed by atoms with E-state index in [1.54, 1.807) is 6.20 Å². The lowest BCUT2D eigenvalue weighted by Crippen LogP contribution is -2.38. The van der Waals surface area contributed by atoms with Crippen molar-refractivity contribution < 1.29 is 17.9 Å². The summed E-state index contributed by atoms with van der Waals surface area (Å²) in [5.74, 6) is 0.920. The highest BCUT2D eigenvalue weighted by Gasteiger charge is 2.31. The highest BCUT2D eigenvalue weighted by Crippen LogP contribution is 2.24. The van der Waals surface area contributed by atoms with Crippen LogP contribution in [0.15, 0.2) is 12.4 Å². The number of ether oxygens (including phenoxy) is 1. The van der Waals surface area contributed by atoms with Crippen molar-refractivity contribution in [1.82, 2.24) is 14.9 Å². The Bertz CT molecular complexity index is 419. The van der Waals surface area contributed by atoms with Gasteiger partial charge in [0.15, 0.2) is 0 Å². The Morgan fingerprint density at radius 3 is 2.90 bits per heavy atom. The molecule has 1 N–H and O–H groups in total. The number of nitrogens with zero attached hydrogens (tertiary/aromatic N) is 2. The van der Waals surface area contributed by atoms with E-state index in [-0.39, 0.29) is 12.1 Å². The van der Waals surface area contributed by atoms with E-state index in [1.807, 2.05) is 17.8 Å². The molecule has 2 atom stereocenters. The summed E-state index contributed by atoms with van der Waals surface area (Å²) in [6, 6.07) is 0.193. The summed E-state index contributed by atoms with van der Waals surface area (Å²) in [4.78, 5) is 4.21. The van der Waals surface area contributed by atoms with Crippen LogP contribution < -0.4 is 5.32 Å².